The third-order valence-electron chi connectivity index (χ3n) is 4.54. The van der Waals surface area contributed by atoms with Crippen molar-refractivity contribution in [1.29, 1.82) is 0 Å². The number of aromatic nitrogens is 3. The van der Waals surface area contributed by atoms with Gasteiger partial charge in [0, 0.05) is 24.1 Å². The molecule has 1 unspecified atom stereocenters. The van der Waals surface area contributed by atoms with Crippen molar-refractivity contribution in [3.8, 4) is 28.6 Å². The molecule has 0 aliphatic heterocycles. The molecule has 32 heavy (non-hydrogen) atoms. The van der Waals surface area contributed by atoms with Gasteiger partial charge in [-0.1, -0.05) is 11.6 Å². The van der Waals surface area contributed by atoms with Crippen molar-refractivity contribution in [3.63, 3.8) is 0 Å². The summed E-state index contributed by atoms with van der Waals surface area (Å²) in [5.41, 5.74) is 1.86. The molecule has 0 aliphatic carbocycles. The molecule has 0 fully saturated rings. The smallest absolute Gasteiger partial charge is 0.178 e. The zero-order valence-electron chi connectivity index (χ0n) is 17.2. The van der Waals surface area contributed by atoms with E-state index in [0.717, 1.165) is 6.26 Å². The maximum absolute atomic E-state index is 11.7. The lowest BCUT2D eigenvalue weighted by molar-refractivity contribution is 0.129. The number of nitrogens with one attached hydrogen (secondary N) is 1. The molecule has 4 aromatic rings. The predicted octanol–water partition coefficient (Wildman–Crippen LogP) is 4.23. The van der Waals surface area contributed by atoms with Crippen LogP contribution in [0, 0.1) is 0 Å². The van der Waals surface area contributed by atoms with Crippen LogP contribution in [0.5, 0.6) is 17.2 Å². The molecule has 166 valence electrons. The van der Waals surface area contributed by atoms with Crippen LogP contribution in [0.15, 0.2) is 59.6 Å². The first kappa shape index (κ1) is 22.1. The van der Waals surface area contributed by atoms with Gasteiger partial charge in [-0.25, -0.2) is 18.4 Å². The highest BCUT2D eigenvalue weighted by Crippen LogP contribution is 2.33. The maximum atomic E-state index is 11.7. The topological polar surface area (TPSA) is 114 Å². The summed E-state index contributed by atoms with van der Waals surface area (Å²) in [6.07, 6.45) is 2.24. The van der Waals surface area contributed by atoms with Crippen LogP contribution in [0.2, 0.25) is 5.02 Å². The van der Waals surface area contributed by atoms with Crippen LogP contribution in [-0.2, 0) is 9.84 Å². The Morgan fingerprint density at radius 3 is 2.50 bits per heavy atom. The Balaban J connectivity index is 1.71. The highest BCUT2D eigenvalue weighted by atomic mass is 35.5. The van der Waals surface area contributed by atoms with Crippen molar-refractivity contribution in [2.24, 2.45) is 0 Å². The van der Waals surface area contributed by atoms with E-state index in [1.807, 2.05) is 0 Å². The molecule has 2 heterocycles. The van der Waals surface area contributed by atoms with E-state index >= 15 is 0 Å². The van der Waals surface area contributed by atoms with Crippen molar-refractivity contribution in [1.82, 2.24) is 15.0 Å². The predicted molar refractivity (Wildman–Crippen MR) is 121 cm³/mol. The second kappa shape index (κ2) is 8.78. The van der Waals surface area contributed by atoms with E-state index in [0.29, 0.717) is 44.8 Å². The number of aromatic amines is 1. The number of pyridine rings is 1. The molecule has 0 aliphatic rings. The van der Waals surface area contributed by atoms with Crippen LogP contribution in [0.1, 0.15) is 6.92 Å². The van der Waals surface area contributed by atoms with E-state index in [4.69, 9.17) is 21.1 Å². The molecule has 0 spiro atoms. The summed E-state index contributed by atoms with van der Waals surface area (Å²) in [5, 5.41) is 9.84. The minimum Gasteiger partial charge on any atom is -0.488 e. The summed E-state index contributed by atoms with van der Waals surface area (Å²) in [7, 11) is -3.30. The van der Waals surface area contributed by atoms with Gasteiger partial charge in [0.1, 0.15) is 29.2 Å². The first-order valence-corrected chi connectivity index (χ1v) is 11.9. The lowest BCUT2D eigenvalue weighted by atomic mass is 10.2. The quantitative estimate of drug-likeness (QED) is 0.412. The Labute approximate surface area is 189 Å². The summed E-state index contributed by atoms with van der Waals surface area (Å²) >= 11 is 6.02. The number of sulfone groups is 1. The first-order valence-electron chi connectivity index (χ1n) is 9.63. The summed E-state index contributed by atoms with van der Waals surface area (Å²) < 4.78 is 35.1. The van der Waals surface area contributed by atoms with E-state index in [1.165, 1.54) is 18.3 Å². The van der Waals surface area contributed by atoms with Gasteiger partial charge in [0.15, 0.2) is 15.5 Å². The largest absolute Gasteiger partial charge is 0.488 e. The molecular formula is C22H20ClN3O5S. The standard InChI is InChI=1S/C22H20ClN3O5S/c1-13(12-27)30-17-7-14(21-25-20-9-15(23)11-24-22(20)26-21)8-18(10-17)31-16-3-5-19(6-4-16)32(2,28)29/h3-11,13,27H,12H2,1-2H3,(H,24,25,26). The number of aliphatic hydroxyl groups excluding tert-OH is 1. The summed E-state index contributed by atoms with van der Waals surface area (Å²) in [4.78, 5) is 12.1. The number of aliphatic hydroxyl groups is 1. The first-order chi connectivity index (χ1) is 15.2. The Morgan fingerprint density at radius 1 is 1.09 bits per heavy atom. The van der Waals surface area contributed by atoms with Crippen LogP contribution < -0.4 is 9.47 Å². The number of rotatable bonds is 7. The van der Waals surface area contributed by atoms with Crippen LogP contribution in [0.25, 0.3) is 22.6 Å². The fraction of sp³-hybridized carbons (Fsp3) is 0.182. The number of hydrogen-bond acceptors (Lipinski definition) is 7. The Bertz CT molecular complexity index is 1370. The third kappa shape index (κ3) is 5.01. The van der Waals surface area contributed by atoms with Gasteiger partial charge in [0.05, 0.1) is 22.0 Å². The van der Waals surface area contributed by atoms with Gasteiger partial charge in [-0.3, -0.25) is 0 Å². The summed E-state index contributed by atoms with van der Waals surface area (Å²) in [5.74, 6) is 1.90. The molecule has 8 nitrogen and oxygen atoms in total. The van der Waals surface area contributed by atoms with Crippen molar-refractivity contribution >= 4 is 32.6 Å². The van der Waals surface area contributed by atoms with Gasteiger partial charge >= 0.3 is 0 Å². The minimum atomic E-state index is -3.30. The van der Waals surface area contributed by atoms with E-state index in [2.05, 4.69) is 15.0 Å². The van der Waals surface area contributed by atoms with E-state index in [1.54, 1.807) is 43.3 Å². The molecule has 1 atom stereocenters. The molecule has 2 aromatic carbocycles. The zero-order chi connectivity index (χ0) is 22.9. The second-order valence-electron chi connectivity index (χ2n) is 7.26. The van der Waals surface area contributed by atoms with Gasteiger partial charge in [0.2, 0.25) is 0 Å². The van der Waals surface area contributed by atoms with Gasteiger partial charge in [-0.15, -0.1) is 0 Å². The second-order valence-corrected chi connectivity index (χ2v) is 9.71. The molecule has 0 radical (unpaired) electrons. The molecule has 2 aromatic heterocycles. The summed E-state index contributed by atoms with van der Waals surface area (Å²) in [6, 6.07) is 13.1. The fourth-order valence-corrected chi connectivity index (χ4v) is 3.80. The number of nitrogens with zero attached hydrogens (tertiary/aromatic N) is 2. The van der Waals surface area contributed by atoms with Crippen molar-refractivity contribution in [2.45, 2.75) is 17.9 Å². The number of fused-ring (bicyclic) bond motifs is 1. The van der Waals surface area contributed by atoms with Gasteiger partial charge in [-0.2, -0.15) is 0 Å². The SMILES string of the molecule is CC(CO)Oc1cc(Oc2ccc(S(C)(=O)=O)cc2)cc(-c2nc3ncc(Cl)cc3[nH]2)c1. The maximum Gasteiger partial charge on any atom is 0.178 e. The number of benzene rings is 2. The van der Waals surface area contributed by atoms with Crippen LogP contribution >= 0.6 is 11.6 Å². The molecule has 10 heteroatoms. The number of ether oxygens (including phenoxy) is 2. The monoisotopic (exact) mass is 473 g/mol. The number of imidazole rings is 1. The molecule has 2 N–H and O–H groups in total. The molecular weight excluding hydrogens is 454 g/mol. The third-order valence-corrected chi connectivity index (χ3v) is 5.87. The van der Waals surface area contributed by atoms with Crippen LogP contribution in [-0.4, -0.2) is 47.4 Å². The van der Waals surface area contributed by atoms with Gasteiger partial charge < -0.3 is 19.6 Å². The van der Waals surface area contributed by atoms with Crippen LogP contribution in [0.3, 0.4) is 0 Å². The average molecular weight is 474 g/mol. The Hall–Kier alpha value is -3.14. The fourth-order valence-electron chi connectivity index (χ4n) is 3.01. The minimum absolute atomic E-state index is 0.152. The molecule has 0 amide bonds. The van der Waals surface area contributed by atoms with E-state index < -0.39 is 15.9 Å². The van der Waals surface area contributed by atoms with Crippen LogP contribution in [0.4, 0.5) is 0 Å². The highest BCUT2D eigenvalue weighted by Gasteiger charge is 2.13. The van der Waals surface area contributed by atoms with Crippen molar-refractivity contribution in [2.75, 3.05) is 12.9 Å². The van der Waals surface area contributed by atoms with Gasteiger partial charge in [0.25, 0.3) is 0 Å². The molecule has 0 saturated carbocycles. The lowest BCUT2D eigenvalue weighted by Gasteiger charge is -2.15. The molecule has 0 bridgehead atoms. The van der Waals surface area contributed by atoms with Crippen molar-refractivity contribution < 1.29 is 23.0 Å². The lowest BCUT2D eigenvalue weighted by Crippen LogP contribution is -2.16. The average Bonchev–Trinajstić information content (AvgIpc) is 3.16. The number of H-pyrrole nitrogens is 1. The van der Waals surface area contributed by atoms with Gasteiger partial charge in [-0.05, 0) is 49.4 Å². The number of hydrogen-bond donors (Lipinski definition) is 2. The van der Waals surface area contributed by atoms with E-state index in [-0.39, 0.29) is 11.5 Å². The zero-order valence-corrected chi connectivity index (χ0v) is 18.8. The van der Waals surface area contributed by atoms with E-state index in [9.17, 15) is 13.5 Å². The normalized spacial score (nSPS) is 12.6. The molecule has 4 rings (SSSR count). The van der Waals surface area contributed by atoms with Crippen molar-refractivity contribution in [3.05, 3.63) is 59.8 Å². The number of halogens is 1. The Kier molecular flexibility index (Phi) is 6.05. The summed E-state index contributed by atoms with van der Waals surface area (Å²) in [6.45, 7) is 1.59. The molecule has 0 saturated heterocycles. The Morgan fingerprint density at radius 2 is 1.81 bits per heavy atom. The highest BCUT2D eigenvalue weighted by molar-refractivity contribution is 7.90.